The van der Waals surface area contributed by atoms with Crippen LogP contribution in [0.1, 0.15) is 68.4 Å². The number of esters is 1. The Hall–Kier alpha value is -3.41. The van der Waals surface area contributed by atoms with Crippen LogP contribution in [-0.2, 0) is 14.3 Å². The van der Waals surface area contributed by atoms with Crippen LogP contribution in [0.3, 0.4) is 0 Å². The standard InChI is InChI=1S/C29H30FNO4/c1-17-26(29(33)35-23-5-3-4-6-23)27(19-7-11-21(30)12-8-19)28-24(31-17)15-20(16-25(28)32)18-9-13-22(34-2)14-10-18/h7-14,20,23,27,31H,3-6,15-16H2,1-2H3/t20-,27-/m0/s1. The van der Waals surface area contributed by atoms with Crippen LogP contribution in [0.4, 0.5) is 4.39 Å². The molecule has 0 spiro atoms. The van der Waals surface area contributed by atoms with E-state index in [1.165, 1.54) is 12.1 Å². The minimum atomic E-state index is -0.579. The fraction of sp³-hybridized carbons (Fsp3) is 0.379. The maximum absolute atomic E-state index is 13.8. The van der Waals surface area contributed by atoms with Crippen LogP contribution in [-0.4, -0.2) is 25.0 Å². The summed E-state index contributed by atoms with van der Waals surface area (Å²) in [5, 5.41) is 3.38. The Labute approximate surface area is 205 Å². The number of carbonyl (C=O) groups is 2. The number of halogens is 1. The predicted octanol–water partition coefficient (Wildman–Crippen LogP) is 5.68. The van der Waals surface area contributed by atoms with Crippen molar-refractivity contribution >= 4 is 11.8 Å². The lowest BCUT2D eigenvalue weighted by Gasteiger charge is -2.37. The first-order chi connectivity index (χ1) is 16.9. The van der Waals surface area contributed by atoms with Gasteiger partial charge in [0.2, 0.25) is 0 Å². The van der Waals surface area contributed by atoms with E-state index in [1.54, 1.807) is 19.2 Å². The Morgan fingerprint density at radius 2 is 1.63 bits per heavy atom. The van der Waals surface area contributed by atoms with Gasteiger partial charge >= 0.3 is 5.97 Å². The number of ether oxygens (including phenoxy) is 2. The van der Waals surface area contributed by atoms with Gasteiger partial charge in [-0.25, -0.2) is 9.18 Å². The highest BCUT2D eigenvalue weighted by atomic mass is 19.1. The third-order valence-corrected chi connectivity index (χ3v) is 7.41. The lowest BCUT2D eigenvalue weighted by atomic mass is 9.71. The number of hydrogen-bond acceptors (Lipinski definition) is 5. The van der Waals surface area contributed by atoms with Crippen molar-refractivity contribution in [1.29, 1.82) is 0 Å². The summed E-state index contributed by atoms with van der Waals surface area (Å²) in [5.41, 5.74) is 4.33. The van der Waals surface area contributed by atoms with Gasteiger partial charge in [0, 0.05) is 29.3 Å². The van der Waals surface area contributed by atoms with Crippen molar-refractivity contribution in [3.05, 3.63) is 88.0 Å². The molecule has 1 aliphatic heterocycles. The number of nitrogens with one attached hydrogen (secondary N) is 1. The van der Waals surface area contributed by atoms with E-state index in [2.05, 4.69) is 5.32 Å². The van der Waals surface area contributed by atoms with Crippen LogP contribution in [0.25, 0.3) is 0 Å². The van der Waals surface area contributed by atoms with Gasteiger partial charge in [0.15, 0.2) is 5.78 Å². The normalized spacial score (nSPS) is 22.7. The number of rotatable bonds is 5. The fourth-order valence-electron chi connectivity index (χ4n) is 5.63. The monoisotopic (exact) mass is 475 g/mol. The highest BCUT2D eigenvalue weighted by molar-refractivity contribution is 6.04. The minimum absolute atomic E-state index is 0.00689. The molecule has 3 aliphatic rings. The number of hydrogen-bond donors (Lipinski definition) is 1. The van der Waals surface area contributed by atoms with Crippen molar-refractivity contribution in [3.8, 4) is 5.75 Å². The average Bonchev–Trinajstić information content (AvgIpc) is 3.36. The first-order valence-electron chi connectivity index (χ1n) is 12.3. The molecule has 2 atom stereocenters. The van der Waals surface area contributed by atoms with Crippen LogP contribution in [0.5, 0.6) is 5.75 Å². The summed E-state index contributed by atoms with van der Waals surface area (Å²) in [6, 6.07) is 13.9. The summed E-state index contributed by atoms with van der Waals surface area (Å²) in [6.45, 7) is 1.85. The van der Waals surface area contributed by atoms with Gasteiger partial charge in [-0.3, -0.25) is 4.79 Å². The van der Waals surface area contributed by atoms with Gasteiger partial charge in [-0.1, -0.05) is 24.3 Å². The number of dihydropyridines is 1. The molecule has 2 aromatic rings. The van der Waals surface area contributed by atoms with Crippen LogP contribution < -0.4 is 10.1 Å². The molecule has 182 valence electrons. The molecule has 0 radical (unpaired) electrons. The molecule has 5 nitrogen and oxygen atoms in total. The van der Waals surface area contributed by atoms with Crippen LogP contribution in [0.2, 0.25) is 0 Å². The zero-order valence-corrected chi connectivity index (χ0v) is 20.1. The summed E-state index contributed by atoms with van der Waals surface area (Å²) < 4.78 is 24.9. The van der Waals surface area contributed by atoms with Crippen molar-refractivity contribution in [2.24, 2.45) is 0 Å². The van der Waals surface area contributed by atoms with Crippen molar-refractivity contribution in [3.63, 3.8) is 0 Å². The highest BCUT2D eigenvalue weighted by Crippen LogP contribution is 2.46. The molecule has 0 aromatic heterocycles. The van der Waals surface area contributed by atoms with Gasteiger partial charge in [-0.2, -0.15) is 0 Å². The number of carbonyl (C=O) groups excluding carboxylic acids is 2. The van der Waals surface area contributed by atoms with E-state index in [9.17, 15) is 14.0 Å². The number of ketones is 1. The molecule has 35 heavy (non-hydrogen) atoms. The largest absolute Gasteiger partial charge is 0.497 e. The van der Waals surface area contributed by atoms with E-state index in [-0.39, 0.29) is 23.6 Å². The second-order valence-corrected chi connectivity index (χ2v) is 9.65. The quantitative estimate of drug-likeness (QED) is 0.564. The van der Waals surface area contributed by atoms with Crippen molar-refractivity contribution in [1.82, 2.24) is 5.32 Å². The zero-order valence-electron chi connectivity index (χ0n) is 20.1. The van der Waals surface area contributed by atoms with Gasteiger partial charge in [0.25, 0.3) is 0 Å². The second-order valence-electron chi connectivity index (χ2n) is 9.65. The van der Waals surface area contributed by atoms with Gasteiger partial charge in [0.1, 0.15) is 17.7 Å². The van der Waals surface area contributed by atoms with E-state index in [0.29, 0.717) is 29.7 Å². The van der Waals surface area contributed by atoms with E-state index in [4.69, 9.17) is 9.47 Å². The Morgan fingerprint density at radius 1 is 0.971 bits per heavy atom. The van der Waals surface area contributed by atoms with Crippen LogP contribution >= 0.6 is 0 Å². The van der Waals surface area contributed by atoms with Gasteiger partial charge in [-0.15, -0.1) is 0 Å². The molecule has 0 amide bonds. The van der Waals surface area contributed by atoms with Crippen molar-refractivity contribution in [2.45, 2.75) is 63.4 Å². The molecular formula is C29H30FNO4. The number of allylic oxidation sites excluding steroid dienone is 3. The maximum atomic E-state index is 13.8. The molecule has 2 aromatic carbocycles. The van der Waals surface area contributed by atoms with Crippen molar-refractivity contribution in [2.75, 3.05) is 7.11 Å². The van der Waals surface area contributed by atoms with Gasteiger partial charge < -0.3 is 14.8 Å². The molecule has 2 aliphatic carbocycles. The minimum Gasteiger partial charge on any atom is -0.497 e. The SMILES string of the molecule is COc1ccc([C@@H]2CC(=O)C3=C(C2)NC(C)=C(C(=O)OC2CCCC2)[C@@H]3c2ccc(F)cc2)cc1. The third-order valence-electron chi connectivity index (χ3n) is 7.41. The van der Waals surface area contributed by atoms with Gasteiger partial charge in [-0.05, 0) is 80.3 Å². The number of methoxy groups -OCH3 is 1. The average molecular weight is 476 g/mol. The molecule has 0 saturated heterocycles. The Bertz CT molecular complexity index is 1190. The zero-order chi connectivity index (χ0) is 24.5. The molecule has 6 heteroatoms. The molecule has 0 bridgehead atoms. The molecule has 1 fully saturated rings. The third kappa shape index (κ3) is 4.62. The highest BCUT2D eigenvalue weighted by Gasteiger charge is 2.42. The topological polar surface area (TPSA) is 64.6 Å². The predicted molar refractivity (Wildman–Crippen MR) is 130 cm³/mol. The second kappa shape index (κ2) is 9.68. The Balaban J connectivity index is 1.51. The van der Waals surface area contributed by atoms with E-state index in [1.807, 2.05) is 31.2 Å². The summed E-state index contributed by atoms with van der Waals surface area (Å²) in [7, 11) is 1.63. The molecule has 1 heterocycles. The van der Waals surface area contributed by atoms with Crippen molar-refractivity contribution < 1.29 is 23.5 Å². The van der Waals surface area contributed by atoms with Crippen LogP contribution in [0, 0.1) is 5.82 Å². The van der Waals surface area contributed by atoms with E-state index < -0.39 is 11.9 Å². The summed E-state index contributed by atoms with van der Waals surface area (Å²) in [6.07, 6.45) is 4.73. The lowest BCUT2D eigenvalue weighted by Crippen LogP contribution is -2.36. The molecule has 1 N–H and O–H groups in total. The Kier molecular flexibility index (Phi) is 6.46. The summed E-state index contributed by atoms with van der Waals surface area (Å²) in [5.74, 6) is -0.548. The summed E-state index contributed by atoms with van der Waals surface area (Å²) >= 11 is 0. The maximum Gasteiger partial charge on any atom is 0.337 e. The molecular weight excluding hydrogens is 445 g/mol. The molecule has 0 unspecified atom stereocenters. The summed E-state index contributed by atoms with van der Waals surface area (Å²) in [4.78, 5) is 27.0. The lowest BCUT2D eigenvalue weighted by molar-refractivity contribution is -0.144. The first-order valence-corrected chi connectivity index (χ1v) is 12.3. The van der Waals surface area contributed by atoms with Gasteiger partial charge in [0.05, 0.1) is 12.7 Å². The van der Waals surface area contributed by atoms with E-state index >= 15 is 0 Å². The smallest absolute Gasteiger partial charge is 0.337 e. The molecule has 5 rings (SSSR count). The fourth-order valence-corrected chi connectivity index (χ4v) is 5.63. The van der Waals surface area contributed by atoms with E-state index in [0.717, 1.165) is 48.3 Å². The Morgan fingerprint density at radius 3 is 2.29 bits per heavy atom. The van der Waals surface area contributed by atoms with Crippen LogP contribution in [0.15, 0.2) is 71.1 Å². The number of Topliss-reactive ketones (excluding diaryl/α,β-unsaturated/α-hetero) is 1. The molecule has 1 saturated carbocycles. The number of benzene rings is 2. The first kappa shape index (κ1) is 23.3.